The van der Waals surface area contributed by atoms with E-state index in [9.17, 15) is 4.79 Å². The van der Waals surface area contributed by atoms with Gasteiger partial charge in [-0.3, -0.25) is 0 Å². The first-order valence-electron chi connectivity index (χ1n) is 8.05. The van der Waals surface area contributed by atoms with Crippen molar-refractivity contribution in [2.75, 3.05) is 13.2 Å². The quantitative estimate of drug-likeness (QED) is 0.295. The molecule has 0 aliphatic carbocycles. The molecular formula is C19H23Cl3O3. The van der Waals surface area contributed by atoms with Crippen molar-refractivity contribution >= 4 is 40.8 Å². The summed E-state index contributed by atoms with van der Waals surface area (Å²) in [6.45, 7) is 3.23. The van der Waals surface area contributed by atoms with Crippen LogP contribution in [0.25, 0.3) is 0 Å². The molecule has 0 atom stereocenters. The molecule has 0 saturated carbocycles. The molecule has 0 unspecified atom stereocenters. The van der Waals surface area contributed by atoms with Crippen LogP contribution in [0.4, 0.5) is 0 Å². The molecule has 0 heterocycles. The van der Waals surface area contributed by atoms with Gasteiger partial charge in [-0.05, 0) is 43.9 Å². The van der Waals surface area contributed by atoms with Gasteiger partial charge in [0.05, 0.1) is 18.8 Å². The van der Waals surface area contributed by atoms with Gasteiger partial charge >= 0.3 is 5.97 Å². The molecule has 1 N–H and O–H groups in total. The zero-order chi connectivity index (χ0) is 18.7. The number of halogens is 3. The number of benzene rings is 1. The lowest BCUT2D eigenvalue weighted by atomic mass is 10.1. The van der Waals surface area contributed by atoms with Crippen LogP contribution in [-0.2, 0) is 11.2 Å². The van der Waals surface area contributed by atoms with Gasteiger partial charge in [-0.1, -0.05) is 70.7 Å². The SMILES string of the molecule is CC(=CCOCCc1ccc(C(=O)O)cc1)CCC=CCC(Cl)(Cl)Cl. The number of rotatable bonds is 10. The minimum Gasteiger partial charge on any atom is -0.478 e. The molecule has 6 heteroatoms. The predicted octanol–water partition coefficient (Wildman–Crippen LogP) is 5.99. The second kappa shape index (κ2) is 11.6. The molecule has 0 aromatic heterocycles. The summed E-state index contributed by atoms with van der Waals surface area (Å²) in [5.41, 5.74) is 2.61. The number of carboxylic acids is 1. The number of hydrogen-bond donors (Lipinski definition) is 1. The van der Waals surface area contributed by atoms with Gasteiger partial charge in [-0.25, -0.2) is 4.79 Å². The Kier molecular flexibility index (Phi) is 10.2. The van der Waals surface area contributed by atoms with Crippen molar-refractivity contribution in [2.45, 2.75) is 36.4 Å². The molecule has 138 valence electrons. The van der Waals surface area contributed by atoms with Crippen molar-refractivity contribution in [3.63, 3.8) is 0 Å². The van der Waals surface area contributed by atoms with Crippen molar-refractivity contribution in [1.82, 2.24) is 0 Å². The van der Waals surface area contributed by atoms with Crippen molar-refractivity contribution in [1.29, 1.82) is 0 Å². The van der Waals surface area contributed by atoms with Crippen molar-refractivity contribution in [3.05, 3.63) is 59.2 Å². The normalized spacial score (nSPS) is 12.7. The lowest BCUT2D eigenvalue weighted by Gasteiger charge is -2.05. The number of allylic oxidation sites excluding steroid dienone is 3. The van der Waals surface area contributed by atoms with Crippen molar-refractivity contribution < 1.29 is 14.6 Å². The van der Waals surface area contributed by atoms with Gasteiger partial charge in [-0.15, -0.1) is 0 Å². The summed E-state index contributed by atoms with van der Waals surface area (Å²) in [6, 6.07) is 6.85. The van der Waals surface area contributed by atoms with E-state index in [0.29, 0.717) is 25.2 Å². The lowest BCUT2D eigenvalue weighted by molar-refractivity contribution is 0.0697. The Morgan fingerprint density at radius 2 is 1.88 bits per heavy atom. The molecule has 0 bridgehead atoms. The van der Waals surface area contributed by atoms with Gasteiger partial charge in [-0.2, -0.15) is 0 Å². The van der Waals surface area contributed by atoms with Gasteiger partial charge in [0.2, 0.25) is 0 Å². The van der Waals surface area contributed by atoms with E-state index >= 15 is 0 Å². The van der Waals surface area contributed by atoms with Gasteiger partial charge in [0.1, 0.15) is 0 Å². The lowest BCUT2D eigenvalue weighted by Crippen LogP contribution is -2.00. The van der Waals surface area contributed by atoms with Gasteiger partial charge in [0.25, 0.3) is 0 Å². The summed E-state index contributed by atoms with van der Waals surface area (Å²) in [4.78, 5) is 10.8. The zero-order valence-corrected chi connectivity index (χ0v) is 16.4. The topological polar surface area (TPSA) is 46.5 Å². The number of ether oxygens (including phenoxy) is 1. The van der Waals surface area contributed by atoms with Crippen molar-refractivity contribution in [2.24, 2.45) is 0 Å². The molecular weight excluding hydrogens is 383 g/mol. The standard InChI is InChI=1S/C19H23Cl3O3/c1-15(5-3-2-4-12-19(20,21)22)10-13-25-14-11-16-6-8-17(9-7-16)18(23)24/h2,4,6-10H,3,5,11-14H2,1H3,(H,23,24). The highest BCUT2D eigenvalue weighted by Crippen LogP contribution is 2.30. The Bertz CT molecular complexity index is 587. The molecule has 25 heavy (non-hydrogen) atoms. The minimum atomic E-state index is -1.22. The fourth-order valence-electron chi connectivity index (χ4n) is 2.04. The van der Waals surface area contributed by atoms with Crippen molar-refractivity contribution in [3.8, 4) is 0 Å². The van der Waals surface area contributed by atoms with E-state index in [-0.39, 0.29) is 0 Å². The number of carbonyl (C=O) groups is 1. The van der Waals surface area contributed by atoms with Crippen LogP contribution in [0.3, 0.4) is 0 Å². The third-order valence-electron chi connectivity index (χ3n) is 3.51. The molecule has 1 aromatic carbocycles. The highest BCUT2D eigenvalue weighted by atomic mass is 35.6. The second-order valence-electron chi connectivity index (χ2n) is 5.71. The number of hydrogen-bond acceptors (Lipinski definition) is 2. The maximum atomic E-state index is 10.8. The highest BCUT2D eigenvalue weighted by Gasteiger charge is 2.16. The molecule has 0 radical (unpaired) electrons. The monoisotopic (exact) mass is 404 g/mol. The smallest absolute Gasteiger partial charge is 0.335 e. The summed E-state index contributed by atoms with van der Waals surface area (Å²) in [5, 5.41) is 8.85. The summed E-state index contributed by atoms with van der Waals surface area (Å²) in [5.74, 6) is -0.912. The van der Waals surface area contributed by atoms with E-state index in [0.717, 1.165) is 24.8 Å². The molecule has 0 saturated heterocycles. The van der Waals surface area contributed by atoms with Crippen LogP contribution >= 0.6 is 34.8 Å². The third kappa shape index (κ3) is 11.3. The Hall–Kier alpha value is -1.000. The van der Waals surface area contributed by atoms with Crippen LogP contribution in [0.1, 0.15) is 42.1 Å². The number of aromatic carboxylic acids is 1. The minimum absolute atomic E-state index is 0.297. The molecule has 0 fully saturated rings. The molecule has 3 nitrogen and oxygen atoms in total. The van der Waals surface area contributed by atoms with E-state index in [1.807, 2.05) is 24.3 Å². The second-order valence-corrected chi connectivity index (χ2v) is 8.22. The van der Waals surface area contributed by atoms with Crippen LogP contribution in [-0.4, -0.2) is 28.1 Å². The average molecular weight is 406 g/mol. The molecule has 0 spiro atoms. The van der Waals surface area contributed by atoms with Gasteiger partial charge < -0.3 is 9.84 Å². The van der Waals surface area contributed by atoms with Gasteiger partial charge in [0, 0.05) is 6.42 Å². The maximum Gasteiger partial charge on any atom is 0.335 e. The molecule has 0 aliphatic heterocycles. The van der Waals surface area contributed by atoms with Crippen LogP contribution in [0.5, 0.6) is 0 Å². The fourth-order valence-corrected chi connectivity index (χ4v) is 2.30. The van der Waals surface area contributed by atoms with Gasteiger partial charge in [0.15, 0.2) is 3.79 Å². The Morgan fingerprint density at radius 3 is 2.48 bits per heavy atom. The number of carboxylic acid groups (broad SMARTS) is 1. The van der Waals surface area contributed by atoms with E-state index < -0.39 is 9.76 Å². The molecule has 1 rings (SSSR count). The fraction of sp³-hybridized carbons (Fsp3) is 0.421. The molecule has 1 aromatic rings. The first-order chi connectivity index (χ1) is 11.8. The largest absolute Gasteiger partial charge is 0.478 e. The predicted molar refractivity (Wildman–Crippen MR) is 105 cm³/mol. The number of alkyl halides is 3. The summed E-state index contributed by atoms with van der Waals surface area (Å²) in [6.07, 6.45) is 8.97. The summed E-state index contributed by atoms with van der Waals surface area (Å²) in [7, 11) is 0. The molecule has 0 aliphatic rings. The Balaban J connectivity index is 2.16. The Morgan fingerprint density at radius 1 is 1.20 bits per heavy atom. The van der Waals surface area contributed by atoms with E-state index in [1.165, 1.54) is 5.57 Å². The van der Waals surface area contributed by atoms with E-state index in [4.69, 9.17) is 44.6 Å². The third-order valence-corrected chi connectivity index (χ3v) is 3.97. The van der Waals surface area contributed by atoms with E-state index in [2.05, 4.69) is 13.0 Å². The Labute approximate surface area is 164 Å². The summed E-state index contributed by atoms with van der Waals surface area (Å²) < 4.78 is 4.38. The van der Waals surface area contributed by atoms with Crippen LogP contribution in [0.2, 0.25) is 0 Å². The molecule has 0 amide bonds. The van der Waals surface area contributed by atoms with Crippen LogP contribution < -0.4 is 0 Å². The zero-order valence-electron chi connectivity index (χ0n) is 14.2. The maximum absolute atomic E-state index is 10.8. The summed E-state index contributed by atoms with van der Waals surface area (Å²) >= 11 is 17.0. The van der Waals surface area contributed by atoms with Crippen LogP contribution in [0, 0.1) is 0 Å². The first kappa shape index (κ1) is 22.0. The van der Waals surface area contributed by atoms with E-state index in [1.54, 1.807) is 12.1 Å². The average Bonchev–Trinajstić information content (AvgIpc) is 2.53. The first-order valence-corrected chi connectivity index (χ1v) is 9.18. The highest BCUT2D eigenvalue weighted by molar-refractivity contribution is 6.67. The van der Waals surface area contributed by atoms with Crippen LogP contribution in [0.15, 0.2) is 48.1 Å².